The van der Waals surface area contributed by atoms with Gasteiger partial charge in [0.1, 0.15) is 0 Å². The van der Waals surface area contributed by atoms with Gasteiger partial charge in [-0.2, -0.15) is 4.98 Å². The highest BCUT2D eigenvalue weighted by molar-refractivity contribution is 6.02. The van der Waals surface area contributed by atoms with E-state index >= 15 is 0 Å². The molecule has 1 aromatic carbocycles. The molecule has 0 spiro atoms. The molecule has 6 nitrogen and oxygen atoms in total. The Bertz CT molecular complexity index is 543. The van der Waals surface area contributed by atoms with Gasteiger partial charge in [-0.25, -0.2) is 4.79 Å². The average Bonchev–Trinajstić information content (AvgIpc) is 2.69. The summed E-state index contributed by atoms with van der Waals surface area (Å²) in [5, 5.41) is 0. The van der Waals surface area contributed by atoms with Crippen molar-refractivity contribution < 1.29 is 14.3 Å². The number of Topliss-reactive ketones (excluding diaryl/α,β-unsaturated/α-hetero) is 1. The second kappa shape index (κ2) is 4.34. The van der Waals surface area contributed by atoms with Crippen LogP contribution in [0, 0.1) is 0 Å². The molecular weight excluding hydrogens is 222 g/mol. The van der Waals surface area contributed by atoms with Crippen molar-refractivity contribution in [2.45, 2.75) is 13.0 Å². The van der Waals surface area contributed by atoms with Crippen LogP contribution in [0.4, 0.5) is 0 Å². The highest BCUT2D eigenvalue weighted by atomic mass is 16.5. The smallest absolute Gasteiger partial charge is 0.338 e. The lowest BCUT2D eigenvalue weighted by atomic mass is 10.2. The molecule has 0 radical (unpaired) electrons. The van der Waals surface area contributed by atoms with Gasteiger partial charge >= 0.3 is 12.0 Å². The summed E-state index contributed by atoms with van der Waals surface area (Å²) in [5.41, 5.74) is 6.75. The molecule has 1 heterocycles. The molecular formula is C11H11N3O3. The number of nitrogens with zero attached hydrogens (tertiary/aromatic N) is 1. The van der Waals surface area contributed by atoms with Crippen LogP contribution in [0.15, 0.2) is 24.3 Å². The first-order valence-corrected chi connectivity index (χ1v) is 5.00. The molecule has 0 aliphatic carbocycles. The van der Waals surface area contributed by atoms with Crippen LogP contribution in [0.1, 0.15) is 6.92 Å². The van der Waals surface area contributed by atoms with Gasteiger partial charge in [-0.05, 0) is 19.1 Å². The van der Waals surface area contributed by atoms with Gasteiger partial charge in [0.2, 0.25) is 0 Å². The molecule has 0 saturated heterocycles. The van der Waals surface area contributed by atoms with Crippen LogP contribution in [0.2, 0.25) is 0 Å². The Morgan fingerprint density at radius 3 is 2.76 bits per heavy atom. The van der Waals surface area contributed by atoms with Gasteiger partial charge in [0.05, 0.1) is 11.0 Å². The Hall–Kier alpha value is -2.21. The second-order valence-electron chi connectivity index (χ2n) is 3.57. The molecule has 1 atom stereocenters. The summed E-state index contributed by atoms with van der Waals surface area (Å²) in [6.07, 6.45) is 0. The molecule has 0 amide bonds. The molecule has 2 aromatic rings. The fraction of sp³-hybridized carbons (Fsp3) is 0.182. The molecule has 0 fully saturated rings. The van der Waals surface area contributed by atoms with E-state index < -0.39 is 17.8 Å². The fourth-order valence-corrected chi connectivity index (χ4v) is 1.30. The first-order chi connectivity index (χ1) is 8.08. The number of aromatic nitrogens is 2. The van der Waals surface area contributed by atoms with Crippen molar-refractivity contribution >= 4 is 22.8 Å². The predicted molar refractivity (Wildman–Crippen MR) is 60.4 cm³/mol. The quantitative estimate of drug-likeness (QED) is 0.590. The summed E-state index contributed by atoms with van der Waals surface area (Å²) in [5.74, 6) is -1.28. The van der Waals surface area contributed by atoms with Crippen LogP contribution in [-0.4, -0.2) is 27.8 Å². The maximum atomic E-state index is 11.4. The third kappa shape index (κ3) is 2.31. The maximum absolute atomic E-state index is 11.4. The Labute approximate surface area is 96.8 Å². The van der Waals surface area contributed by atoms with E-state index in [1.165, 1.54) is 6.92 Å². The van der Waals surface area contributed by atoms with Gasteiger partial charge in [-0.1, -0.05) is 12.1 Å². The monoisotopic (exact) mass is 233 g/mol. The summed E-state index contributed by atoms with van der Waals surface area (Å²) >= 11 is 0. The Balaban J connectivity index is 2.19. The maximum Gasteiger partial charge on any atom is 0.338 e. The third-order valence-electron chi connectivity index (χ3n) is 2.26. The van der Waals surface area contributed by atoms with Crippen molar-refractivity contribution in [3.63, 3.8) is 0 Å². The number of benzene rings is 1. The summed E-state index contributed by atoms with van der Waals surface area (Å²) < 4.78 is 4.87. The van der Waals surface area contributed by atoms with E-state index in [2.05, 4.69) is 9.97 Å². The average molecular weight is 233 g/mol. The van der Waals surface area contributed by atoms with E-state index in [9.17, 15) is 9.59 Å². The number of para-hydroxylation sites is 2. The predicted octanol–water partition coefficient (Wildman–Crippen LogP) is 0.385. The number of carbonyl (C=O) groups excluding carboxylic acids is 2. The van der Waals surface area contributed by atoms with Crippen LogP contribution in [0.5, 0.6) is 6.01 Å². The number of carbonyl (C=O) groups is 2. The molecule has 88 valence electrons. The topological polar surface area (TPSA) is 98.1 Å². The molecule has 0 bridgehead atoms. The van der Waals surface area contributed by atoms with Gasteiger partial charge in [-0.15, -0.1) is 0 Å². The number of nitrogens with one attached hydrogen (secondary N) is 1. The number of H-pyrrole nitrogens is 1. The Morgan fingerprint density at radius 2 is 2.12 bits per heavy atom. The molecule has 1 aromatic heterocycles. The number of esters is 1. The lowest BCUT2D eigenvalue weighted by molar-refractivity contribution is -0.139. The number of ether oxygens (including phenoxy) is 1. The minimum Gasteiger partial charge on any atom is -0.391 e. The van der Waals surface area contributed by atoms with Crippen LogP contribution < -0.4 is 10.5 Å². The summed E-state index contributed by atoms with van der Waals surface area (Å²) in [6.45, 7) is 1.23. The first kappa shape index (κ1) is 11.3. The molecule has 2 rings (SSSR count). The Kier molecular flexibility index (Phi) is 2.88. The minimum absolute atomic E-state index is 0.0351. The van der Waals surface area contributed by atoms with Crippen LogP contribution in [0.3, 0.4) is 0 Å². The Morgan fingerprint density at radius 1 is 1.41 bits per heavy atom. The van der Waals surface area contributed by atoms with Gasteiger partial charge in [-0.3, -0.25) is 4.79 Å². The van der Waals surface area contributed by atoms with E-state index in [0.717, 1.165) is 5.52 Å². The fourth-order valence-electron chi connectivity index (χ4n) is 1.30. The van der Waals surface area contributed by atoms with E-state index in [4.69, 9.17) is 10.5 Å². The zero-order valence-corrected chi connectivity index (χ0v) is 9.14. The van der Waals surface area contributed by atoms with Crippen molar-refractivity contribution in [1.82, 2.24) is 9.97 Å². The van der Waals surface area contributed by atoms with Crippen molar-refractivity contribution in [1.29, 1.82) is 0 Å². The molecule has 6 heteroatoms. The lowest BCUT2D eigenvalue weighted by Gasteiger charge is -2.04. The number of hydrogen-bond acceptors (Lipinski definition) is 5. The van der Waals surface area contributed by atoms with Gasteiger partial charge < -0.3 is 15.5 Å². The number of aromatic amines is 1. The summed E-state index contributed by atoms with van der Waals surface area (Å²) in [7, 11) is 0. The number of imidazole rings is 1. The van der Waals surface area contributed by atoms with E-state index in [1.807, 2.05) is 12.1 Å². The SMILES string of the molecule is CC(=O)C(N)C(=O)Oc1nc2ccccc2[nH]1. The van der Waals surface area contributed by atoms with Crippen LogP contribution in [-0.2, 0) is 9.59 Å². The van der Waals surface area contributed by atoms with Crippen molar-refractivity contribution in [2.24, 2.45) is 5.73 Å². The van der Waals surface area contributed by atoms with Crippen molar-refractivity contribution in [3.05, 3.63) is 24.3 Å². The largest absolute Gasteiger partial charge is 0.391 e. The molecule has 0 aliphatic rings. The van der Waals surface area contributed by atoms with E-state index in [0.29, 0.717) is 5.52 Å². The molecule has 1 unspecified atom stereocenters. The molecule has 17 heavy (non-hydrogen) atoms. The van der Waals surface area contributed by atoms with E-state index in [1.54, 1.807) is 12.1 Å². The number of fused-ring (bicyclic) bond motifs is 1. The van der Waals surface area contributed by atoms with Crippen LogP contribution in [0.25, 0.3) is 11.0 Å². The minimum atomic E-state index is -1.27. The number of nitrogens with two attached hydrogens (primary N) is 1. The lowest BCUT2D eigenvalue weighted by Crippen LogP contribution is -2.40. The van der Waals surface area contributed by atoms with Crippen molar-refractivity contribution in [2.75, 3.05) is 0 Å². The van der Waals surface area contributed by atoms with Crippen molar-refractivity contribution in [3.8, 4) is 6.01 Å². The highest BCUT2D eigenvalue weighted by Gasteiger charge is 2.21. The second-order valence-corrected chi connectivity index (χ2v) is 3.57. The number of ketones is 1. The van der Waals surface area contributed by atoms with Gasteiger partial charge in [0, 0.05) is 0 Å². The van der Waals surface area contributed by atoms with E-state index in [-0.39, 0.29) is 6.01 Å². The number of rotatable bonds is 3. The normalized spacial score (nSPS) is 12.4. The number of hydrogen-bond donors (Lipinski definition) is 2. The van der Waals surface area contributed by atoms with Gasteiger partial charge in [0.25, 0.3) is 0 Å². The standard InChI is InChI=1S/C11H11N3O3/c1-6(15)9(12)10(16)17-11-13-7-4-2-3-5-8(7)14-11/h2-5,9H,12H2,1H3,(H,13,14). The zero-order valence-electron chi connectivity index (χ0n) is 9.14. The molecule has 3 N–H and O–H groups in total. The van der Waals surface area contributed by atoms with Gasteiger partial charge in [0.15, 0.2) is 11.8 Å². The third-order valence-corrected chi connectivity index (χ3v) is 2.26. The molecule has 0 saturated carbocycles. The molecule has 0 aliphatic heterocycles. The van der Waals surface area contributed by atoms with Crippen LogP contribution >= 0.6 is 0 Å². The highest BCUT2D eigenvalue weighted by Crippen LogP contribution is 2.15. The summed E-state index contributed by atoms with van der Waals surface area (Å²) in [6, 6.07) is 5.97. The zero-order chi connectivity index (χ0) is 12.4. The summed E-state index contributed by atoms with van der Waals surface area (Å²) in [4.78, 5) is 29.1. The first-order valence-electron chi connectivity index (χ1n) is 5.00.